The Balaban J connectivity index is 1.53. The minimum Gasteiger partial charge on any atom is -0.486 e. The van der Waals surface area contributed by atoms with Crippen LogP contribution in [-0.4, -0.2) is 16.7 Å². The molecule has 7 heteroatoms. The number of anilines is 1. The van der Waals surface area contributed by atoms with Crippen molar-refractivity contribution in [3.05, 3.63) is 75.2 Å². The van der Waals surface area contributed by atoms with E-state index in [1.54, 1.807) is 48.5 Å². The van der Waals surface area contributed by atoms with Gasteiger partial charge in [-0.25, -0.2) is 4.98 Å². The van der Waals surface area contributed by atoms with E-state index in [-0.39, 0.29) is 18.1 Å². The first-order valence-electron chi connectivity index (χ1n) is 8.22. The first-order chi connectivity index (χ1) is 13.0. The summed E-state index contributed by atoms with van der Waals surface area (Å²) in [5.74, 6) is 0.473. The molecular formula is C20H17ClN2O3S. The fourth-order valence-electron chi connectivity index (χ4n) is 2.36. The van der Waals surface area contributed by atoms with Gasteiger partial charge < -0.3 is 10.1 Å². The van der Waals surface area contributed by atoms with E-state index in [4.69, 9.17) is 16.3 Å². The highest BCUT2D eigenvalue weighted by Crippen LogP contribution is 2.19. The summed E-state index contributed by atoms with van der Waals surface area (Å²) in [6.07, 6.45) is 0.155. The van der Waals surface area contributed by atoms with Crippen LogP contribution in [0.5, 0.6) is 5.75 Å². The number of ketones is 1. The van der Waals surface area contributed by atoms with Crippen molar-refractivity contribution in [2.75, 3.05) is 5.32 Å². The maximum absolute atomic E-state index is 12.2. The molecule has 0 saturated carbocycles. The number of nitrogens with zero attached hydrogens (tertiary/aromatic N) is 1. The van der Waals surface area contributed by atoms with Crippen molar-refractivity contribution in [3.8, 4) is 5.75 Å². The van der Waals surface area contributed by atoms with E-state index in [0.717, 1.165) is 5.01 Å². The number of nitrogens with one attached hydrogen (secondary N) is 1. The smallest absolute Gasteiger partial charge is 0.230 e. The zero-order chi connectivity index (χ0) is 19.2. The lowest BCUT2D eigenvalue weighted by Gasteiger charge is -2.05. The van der Waals surface area contributed by atoms with Crippen molar-refractivity contribution in [2.45, 2.75) is 20.0 Å². The van der Waals surface area contributed by atoms with Crippen LogP contribution in [0.4, 0.5) is 5.69 Å². The molecule has 0 saturated heterocycles. The molecule has 0 bridgehead atoms. The summed E-state index contributed by atoms with van der Waals surface area (Å²) in [6, 6.07) is 14.0. The Labute approximate surface area is 166 Å². The number of amides is 1. The fourth-order valence-corrected chi connectivity index (χ4v) is 3.19. The molecule has 0 radical (unpaired) electrons. The molecule has 0 fully saturated rings. The van der Waals surface area contributed by atoms with Gasteiger partial charge in [0, 0.05) is 21.7 Å². The van der Waals surface area contributed by atoms with Gasteiger partial charge in [-0.2, -0.15) is 0 Å². The van der Waals surface area contributed by atoms with Crippen LogP contribution in [0.15, 0.2) is 53.9 Å². The highest BCUT2D eigenvalue weighted by molar-refractivity contribution is 7.09. The Morgan fingerprint density at radius 1 is 1.19 bits per heavy atom. The summed E-state index contributed by atoms with van der Waals surface area (Å²) in [5.41, 5.74) is 1.83. The van der Waals surface area contributed by atoms with Crippen LogP contribution in [0.25, 0.3) is 0 Å². The van der Waals surface area contributed by atoms with Crippen LogP contribution in [0.3, 0.4) is 0 Å². The van der Waals surface area contributed by atoms with Crippen molar-refractivity contribution in [1.82, 2.24) is 4.98 Å². The maximum Gasteiger partial charge on any atom is 0.230 e. The molecule has 0 atom stereocenters. The van der Waals surface area contributed by atoms with Gasteiger partial charge in [0.05, 0.1) is 12.1 Å². The molecule has 3 aromatic rings. The molecule has 1 amide bonds. The van der Waals surface area contributed by atoms with Crippen LogP contribution in [0.1, 0.15) is 28.0 Å². The van der Waals surface area contributed by atoms with Gasteiger partial charge in [0.1, 0.15) is 17.4 Å². The summed E-state index contributed by atoms with van der Waals surface area (Å²) in [4.78, 5) is 28.0. The molecule has 138 valence electrons. The average Bonchev–Trinajstić information content (AvgIpc) is 3.08. The predicted octanol–water partition coefficient (Wildman–Crippen LogP) is 4.76. The Morgan fingerprint density at radius 3 is 2.70 bits per heavy atom. The molecule has 0 unspecified atom stereocenters. The van der Waals surface area contributed by atoms with Gasteiger partial charge in [-0.05, 0) is 43.3 Å². The van der Waals surface area contributed by atoms with E-state index in [0.29, 0.717) is 34.3 Å². The minimum absolute atomic E-state index is 0.0454. The van der Waals surface area contributed by atoms with Gasteiger partial charge in [0.25, 0.3) is 0 Å². The molecule has 0 spiro atoms. The molecule has 0 aliphatic heterocycles. The van der Waals surface area contributed by atoms with Crippen LogP contribution in [0, 0.1) is 0 Å². The number of carbonyl (C=O) groups is 2. The van der Waals surface area contributed by atoms with Crippen molar-refractivity contribution < 1.29 is 14.3 Å². The molecular weight excluding hydrogens is 384 g/mol. The van der Waals surface area contributed by atoms with Gasteiger partial charge in [0.15, 0.2) is 5.78 Å². The van der Waals surface area contributed by atoms with E-state index < -0.39 is 0 Å². The number of halogens is 1. The summed E-state index contributed by atoms with van der Waals surface area (Å²) in [5, 5.41) is 6.06. The number of hydrogen-bond acceptors (Lipinski definition) is 5. The topological polar surface area (TPSA) is 68.3 Å². The molecule has 5 nitrogen and oxygen atoms in total. The lowest BCUT2D eigenvalue weighted by atomic mass is 10.1. The summed E-state index contributed by atoms with van der Waals surface area (Å²) < 4.78 is 5.65. The third kappa shape index (κ3) is 5.64. The van der Waals surface area contributed by atoms with E-state index in [1.165, 1.54) is 18.3 Å². The van der Waals surface area contributed by atoms with Gasteiger partial charge in [0.2, 0.25) is 5.91 Å². The number of Topliss-reactive ketones (excluding diaryl/α,β-unsaturated/α-hetero) is 1. The SMILES string of the molecule is CC(=O)c1cccc(NC(=O)Cc2csc(COc3ccc(Cl)cc3)n2)c1. The molecule has 2 aromatic carbocycles. The van der Waals surface area contributed by atoms with E-state index >= 15 is 0 Å². The standard InChI is InChI=1S/C20H17ClN2O3S/c1-13(24)14-3-2-4-16(9-14)22-19(25)10-17-12-27-20(23-17)11-26-18-7-5-15(21)6-8-18/h2-9,12H,10-11H2,1H3,(H,22,25). The number of benzene rings is 2. The zero-order valence-electron chi connectivity index (χ0n) is 14.6. The van der Waals surface area contributed by atoms with Crippen LogP contribution in [0.2, 0.25) is 5.02 Å². The Bertz CT molecular complexity index is 954. The summed E-state index contributed by atoms with van der Waals surface area (Å²) in [7, 11) is 0. The first kappa shape index (κ1) is 19.1. The number of thiazole rings is 1. The van der Waals surface area contributed by atoms with Gasteiger partial charge in [-0.3, -0.25) is 9.59 Å². The van der Waals surface area contributed by atoms with Crippen molar-refractivity contribution in [1.29, 1.82) is 0 Å². The van der Waals surface area contributed by atoms with E-state index in [2.05, 4.69) is 10.3 Å². The average molecular weight is 401 g/mol. The van der Waals surface area contributed by atoms with Gasteiger partial charge in [-0.15, -0.1) is 11.3 Å². The van der Waals surface area contributed by atoms with Gasteiger partial charge in [-0.1, -0.05) is 23.7 Å². The number of rotatable bonds is 7. The zero-order valence-corrected chi connectivity index (χ0v) is 16.1. The fraction of sp³-hybridized carbons (Fsp3) is 0.150. The maximum atomic E-state index is 12.2. The third-order valence-electron chi connectivity index (χ3n) is 3.67. The van der Waals surface area contributed by atoms with E-state index in [1.807, 2.05) is 5.38 Å². The first-order valence-corrected chi connectivity index (χ1v) is 9.48. The Morgan fingerprint density at radius 2 is 1.96 bits per heavy atom. The summed E-state index contributed by atoms with van der Waals surface area (Å²) in [6.45, 7) is 1.82. The molecule has 1 heterocycles. The summed E-state index contributed by atoms with van der Waals surface area (Å²) >= 11 is 7.28. The Hall–Kier alpha value is -2.70. The highest BCUT2D eigenvalue weighted by atomic mass is 35.5. The van der Waals surface area contributed by atoms with Crippen molar-refractivity contribution >= 4 is 40.3 Å². The second-order valence-corrected chi connectivity index (χ2v) is 7.22. The molecule has 3 rings (SSSR count). The monoisotopic (exact) mass is 400 g/mol. The van der Waals surface area contributed by atoms with Gasteiger partial charge >= 0.3 is 0 Å². The lowest BCUT2D eigenvalue weighted by Crippen LogP contribution is -2.15. The third-order valence-corrected chi connectivity index (χ3v) is 4.79. The lowest BCUT2D eigenvalue weighted by molar-refractivity contribution is -0.115. The minimum atomic E-state index is -0.189. The number of aromatic nitrogens is 1. The van der Waals surface area contributed by atoms with Crippen LogP contribution >= 0.6 is 22.9 Å². The number of ether oxygens (including phenoxy) is 1. The van der Waals surface area contributed by atoms with E-state index in [9.17, 15) is 9.59 Å². The quantitative estimate of drug-likeness (QED) is 0.580. The Kier molecular flexibility index (Phi) is 6.21. The van der Waals surface area contributed by atoms with Crippen LogP contribution in [-0.2, 0) is 17.8 Å². The van der Waals surface area contributed by atoms with Crippen molar-refractivity contribution in [3.63, 3.8) is 0 Å². The molecule has 1 aromatic heterocycles. The molecule has 0 aliphatic rings. The highest BCUT2D eigenvalue weighted by Gasteiger charge is 2.10. The largest absolute Gasteiger partial charge is 0.486 e. The number of carbonyl (C=O) groups excluding carboxylic acids is 2. The molecule has 1 N–H and O–H groups in total. The van der Waals surface area contributed by atoms with Crippen molar-refractivity contribution in [2.24, 2.45) is 0 Å². The number of hydrogen-bond donors (Lipinski definition) is 1. The second kappa shape index (κ2) is 8.79. The molecule has 27 heavy (non-hydrogen) atoms. The normalized spacial score (nSPS) is 10.4. The molecule has 0 aliphatic carbocycles. The predicted molar refractivity (Wildman–Crippen MR) is 107 cm³/mol. The van der Waals surface area contributed by atoms with Crippen LogP contribution < -0.4 is 10.1 Å². The second-order valence-electron chi connectivity index (χ2n) is 5.84.